The van der Waals surface area contributed by atoms with E-state index < -0.39 is 9.52 Å². The molecule has 1 fully saturated rings. The van der Waals surface area contributed by atoms with Crippen LogP contribution in [0.3, 0.4) is 0 Å². The average molecular weight is 177 g/mol. The Kier molecular flexibility index (Phi) is 2.95. The zero-order chi connectivity index (χ0) is 7.45. The lowest BCUT2D eigenvalue weighted by Gasteiger charge is -2.30. The molecule has 0 aromatic rings. The van der Waals surface area contributed by atoms with E-state index in [4.69, 9.17) is 16.3 Å². The third-order valence-corrected chi connectivity index (χ3v) is 3.97. The van der Waals surface area contributed by atoms with Crippen molar-refractivity contribution in [2.24, 2.45) is 0 Å². The monoisotopic (exact) mass is 176 g/mol. The van der Waals surface area contributed by atoms with Crippen LogP contribution in [0.15, 0.2) is 12.3 Å². The van der Waals surface area contributed by atoms with E-state index in [0.717, 1.165) is 13.0 Å². The summed E-state index contributed by atoms with van der Waals surface area (Å²) >= 11 is 6.14. The molecular formula is C7H13ClOSi. The molecule has 0 amide bonds. The van der Waals surface area contributed by atoms with Crippen LogP contribution in [0.25, 0.3) is 0 Å². The van der Waals surface area contributed by atoms with E-state index in [-0.39, 0.29) is 4.68 Å². The summed E-state index contributed by atoms with van der Waals surface area (Å²) in [6.45, 7) is 4.53. The highest BCUT2D eigenvalue weighted by molar-refractivity contribution is 6.59. The third kappa shape index (κ3) is 2.11. The molecule has 1 rings (SSSR count). The Hall–Kier alpha value is 0.207. The molecule has 1 unspecified atom stereocenters. The second-order valence-electron chi connectivity index (χ2n) is 2.68. The van der Waals surface area contributed by atoms with Gasteiger partial charge in [-0.15, -0.1) is 12.3 Å². The minimum Gasteiger partial charge on any atom is -0.364 e. The first kappa shape index (κ1) is 8.30. The fraction of sp³-hybridized carbons (Fsp3) is 0.714. The van der Waals surface area contributed by atoms with Gasteiger partial charge >= 0.3 is 0 Å². The minimum atomic E-state index is -0.413. The number of hydrogen-bond donors (Lipinski definition) is 0. The van der Waals surface area contributed by atoms with Gasteiger partial charge < -0.3 is 4.74 Å². The first-order valence-corrected chi connectivity index (χ1v) is 5.61. The standard InChI is InChI=1S/C7H13ClOSi/c1-2-10-7(8)5-3-4-6-9-7/h2H,1,3-6,10H2. The molecule has 58 valence electrons. The number of hydrogen-bond acceptors (Lipinski definition) is 1. The summed E-state index contributed by atoms with van der Waals surface area (Å²) in [5.41, 5.74) is 1.96. The summed E-state index contributed by atoms with van der Waals surface area (Å²) in [5.74, 6) is 0. The fourth-order valence-electron chi connectivity index (χ4n) is 1.19. The van der Waals surface area contributed by atoms with E-state index in [9.17, 15) is 0 Å². The predicted molar refractivity (Wildman–Crippen MR) is 47.1 cm³/mol. The molecular weight excluding hydrogens is 164 g/mol. The Morgan fingerprint density at radius 3 is 2.90 bits per heavy atom. The van der Waals surface area contributed by atoms with E-state index in [0.29, 0.717) is 0 Å². The van der Waals surface area contributed by atoms with Crippen LogP contribution >= 0.6 is 11.6 Å². The number of rotatable bonds is 2. The third-order valence-electron chi connectivity index (χ3n) is 1.75. The maximum atomic E-state index is 6.14. The molecule has 0 bridgehead atoms. The van der Waals surface area contributed by atoms with E-state index in [2.05, 4.69) is 6.58 Å². The van der Waals surface area contributed by atoms with Crippen LogP contribution in [0, 0.1) is 0 Å². The molecule has 1 aliphatic rings. The number of halogens is 1. The molecule has 1 heterocycles. The molecule has 1 aliphatic heterocycles. The first-order chi connectivity index (χ1) is 4.77. The smallest absolute Gasteiger partial charge is 0.125 e. The van der Waals surface area contributed by atoms with Crippen molar-refractivity contribution in [3.63, 3.8) is 0 Å². The molecule has 0 spiro atoms. The molecule has 3 heteroatoms. The van der Waals surface area contributed by atoms with Crippen LogP contribution in [-0.4, -0.2) is 20.8 Å². The van der Waals surface area contributed by atoms with Crippen LogP contribution in [0.5, 0.6) is 0 Å². The highest BCUT2D eigenvalue weighted by Crippen LogP contribution is 2.27. The second kappa shape index (κ2) is 3.56. The van der Waals surface area contributed by atoms with Crippen molar-refractivity contribution < 1.29 is 4.74 Å². The summed E-state index contributed by atoms with van der Waals surface area (Å²) in [7, 11) is -0.413. The zero-order valence-corrected chi connectivity index (χ0v) is 8.28. The lowest BCUT2D eigenvalue weighted by molar-refractivity contribution is 0.0371. The van der Waals surface area contributed by atoms with Crippen molar-refractivity contribution in [3.8, 4) is 0 Å². The lowest BCUT2D eigenvalue weighted by atomic mass is 10.2. The zero-order valence-electron chi connectivity index (χ0n) is 6.11. The topological polar surface area (TPSA) is 9.23 Å². The van der Waals surface area contributed by atoms with Gasteiger partial charge in [0.05, 0.1) is 0 Å². The van der Waals surface area contributed by atoms with Crippen molar-refractivity contribution >= 4 is 21.1 Å². The quantitative estimate of drug-likeness (QED) is 0.457. The van der Waals surface area contributed by atoms with Gasteiger partial charge in [-0.25, -0.2) is 0 Å². The van der Waals surface area contributed by atoms with Crippen LogP contribution in [0.1, 0.15) is 19.3 Å². The van der Waals surface area contributed by atoms with Gasteiger partial charge in [-0.1, -0.05) is 11.6 Å². The van der Waals surface area contributed by atoms with Crippen LogP contribution in [-0.2, 0) is 4.74 Å². The fourth-order valence-corrected chi connectivity index (χ4v) is 2.88. The Morgan fingerprint density at radius 1 is 1.60 bits per heavy atom. The summed E-state index contributed by atoms with van der Waals surface area (Å²) in [6.07, 6.45) is 3.40. The molecule has 1 nitrogen and oxygen atoms in total. The van der Waals surface area contributed by atoms with Crippen LogP contribution < -0.4 is 0 Å². The molecule has 0 aliphatic carbocycles. The van der Waals surface area contributed by atoms with Crippen molar-refractivity contribution in [3.05, 3.63) is 12.3 Å². The SMILES string of the molecule is C=C[SiH2]C1(Cl)CCCCO1. The molecule has 0 saturated carbocycles. The van der Waals surface area contributed by atoms with Gasteiger partial charge in [-0.3, -0.25) is 0 Å². The van der Waals surface area contributed by atoms with Crippen molar-refractivity contribution in [1.29, 1.82) is 0 Å². The Balaban J connectivity index is 2.39. The highest BCUT2D eigenvalue weighted by Gasteiger charge is 2.28. The first-order valence-electron chi connectivity index (χ1n) is 3.71. The van der Waals surface area contributed by atoms with Gasteiger partial charge in [-0.2, -0.15) is 0 Å². The van der Waals surface area contributed by atoms with Crippen LogP contribution in [0.4, 0.5) is 0 Å². The normalized spacial score (nSPS) is 34.9. The van der Waals surface area contributed by atoms with E-state index >= 15 is 0 Å². The average Bonchev–Trinajstić information content (AvgIpc) is 1.89. The maximum Gasteiger partial charge on any atom is 0.125 e. The van der Waals surface area contributed by atoms with E-state index in [1.165, 1.54) is 12.8 Å². The molecule has 0 aromatic heterocycles. The summed E-state index contributed by atoms with van der Waals surface area (Å²) in [4.78, 5) is 0. The minimum absolute atomic E-state index is 0.278. The van der Waals surface area contributed by atoms with Gasteiger partial charge in [0.25, 0.3) is 0 Å². The number of alkyl halides is 1. The van der Waals surface area contributed by atoms with Gasteiger partial charge in [0.2, 0.25) is 0 Å². The van der Waals surface area contributed by atoms with Gasteiger partial charge in [-0.05, 0) is 19.3 Å². The van der Waals surface area contributed by atoms with Crippen molar-refractivity contribution in [2.75, 3.05) is 6.61 Å². The molecule has 0 N–H and O–H groups in total. The maximum absolute atomic E-state index is 6.14. The summed E-state index contributed by atoms with van der Waals surface area (Å²) in [5, 5.41) is 0. The lowest BCUT2D eigenvalue weighted by Crippen LogP contribution is -2.35. The van der Waals surface area contributed by atoms with Crippen molar-refractivity contribution in [2.45, 2.75) is 23.9 Å². The Labute approximate surface area is 69.2 Å². The molecule has 1 saturated heterocycles. The second-order valence-corrected chi connectivity index (χ2v) is 5.95. The molecule has 1 atom stereocenters. The van der Waals surface area contributed by atoms with Crippen LogP contribution in [0.2, 0.25) is 0 Å². The molecule has 10 heavy (non-hydrogen) atoms. The molecule has 0 aromatic carbocycles. The molecule has 0 radical (unpaired) electrons. The Bertz CT molecular complexity index is 121. The van der Waals surface area contributed by atoms with Gasteiger partial charge in [0, 0.05) is 6.61 Å². The summed E-state index contributed by atoms with van der Waals surface area (Å²) < 4.78 is 5.18. The number of ether oxygens (including phenoxy) is 1. The van der Waals surface area contributed by atoms with Gasteiger partial charge in [0.15, 0.2) is 0 Å². The highest BCUT2D eigenvalue weighted by atomic mass is 35.5. The van der Waals surface area contributed by atoms with Gasteiger partial charge in [0.1, 0.15) is 14.2 Å². The summed E-state index contributed by atoms with van der Waals surface area (Å²) in [6, 6.07) is 0. The predicted octanol–water partition coefficient (Wildman–Crippen LogP) is 1.39. The Morgan fingerprint density at radius 2 is 2.40 bits per heavy atom. The van der Waals surface area contributed by atoms with E-state index in [1.54, 1.807) is 0 Å². The van der Waals surface area contributed by atoms with E-state index in [1.807, 2.05) is 5.70 Å². The van der Waals surface area contributed by atoms with Crippen molar-refractivity contribution in [1.82, 2.24) is 0 Å². The largest absolute Gasteiger partial charge is 0.364 e.